The van der Waals surface area contributed by atoms with Gasteiger partial charge in [0.1, 0.15) is 11.5 Å². The highest BCUT2D eigenvalue weighted by molar-refractivity contribution is 6.10. The molecule has 8 nitrogen and oxygen atoms in total. The van der Waals surface area contributed by atoms with Gasteiger partial charge in [0.25, 0.3) is 0 Å². The molecule has 29 heavy (non-hydrogen) atoms. The molecule has 1 aromatic heterocycles. The van der Waals surface area contributed by atoms with Crippen LogP contribution in [0.15, 0.2) is 45.3 Å². The van der Waals surface area contributed by atoms with Crippen LogP contribution in [-0.4, -0.2) is 54.2 Å². The quantitative estimate of drug-likeness (QED) is 0.511. The minimum Gasteiger partial charge on any atom is -0.402 e. The van der Waals surface area contributed by atoms with E-state index in [9.17, 15) is 18.0 Å². The number of halogens is 3. The first-order valence-corrected chi connectivity index (χ1v) is 8.57. The van der Waals surface area contributed by atoms with E-state index in [2.05, 4.69) is 15.0 Å². The molecule has 6 N–H and O–H groups in total. The molecule has 0 radical (unpaired) electrons. The molecule has 1 aromatic rings. The molecule has 0 unspecified atom stereocenters. The molecule has 0 atom stereocenters. The Morgan fingerprint density at radius 1 is 1.31 bits per heavy atom. The van der Waals surface area contributed by atoms with Crippen LogP contribution >= 0.6 is 0 Å². The number of carbonyl (C=O) groups is 1. The van der Waals surface area contributed by atoms with Crippen molar-refractivity contribution in [3.63, 3.8) is 0 Å². The fraction of sp³-hybridized carbons (Fsp3) is 0.333. The average Bonchev–Trinajstić information content (AvgIpc) is 2.65. The summed E-state index contributed by atoms with van der Waals surface area (Å²) in [6, 6.07) is 2.78. The van der Waals surface area contributed by atoms with Gasteiger partial charge in [0.15, 0.2) is 0 Å². The van der Waals surface area contributed by atoms with E-state index < -0.39 is 11.9 Å². The van der Waals surface area contributed by atoms with E-state index in [-0.39, 0.29) is 29.6 Å². The molecule has 0 saturated heterocycles. The smallest absolute Gasteiger partial charge is 0.402 e. The molecular formula is C18H22F3N7O. The Kier molecular flexibility index (Phi) is 6.62. The number of hydrogen-bond acceptors (Lipinski definition) is 6. The fourth-order valence-corrected chi connectivity index (χ4v) is 2.67. The molecule has 0 aromatic carbocycles. The zero-order valence-corrected chi connectivity index (χ0v) is 16.0. The summed E-state index contributed by atoms with van der Waals surface area (Å²) in [5.41, 5.74) is 17.0. The number of amidine groups is 1. The second-order valence-electron chi connectivity index (χ2n) is 6.31. The largest absolute Gasteiger partial charge is 0.431 e. The van der Waals surface area contributed by atoms with E-state index >= 15 is 0 Å². The lowest BCUT2D eigenvalue weighted by Crippen LogP contribution is -2.40. The van der Waals surface area contributed by atoms with Crippen LogP contribution < -0.4 is 17.2 Å². The van der Waals surface area contributed by atoms with Gasteiger partial charge in [-0.1, -0.05) is 0 Å². The normalized spacial score (nSPS) is 17.0. The zero-order chi connectivity index (χ0) is 21.8. The Morgan fingerprint density at radius 2 is 2.00 bits per heavy atom. The van der Waals surface area contributed by atoms with E-state index in [4.69, 9.17) is 17.2 Å². The van der Waals surface area contributed by atoms with Gasteiger partial charge in [0, 0.05) is 50.0 Å². The molecule has 0 saturated carbocycles. The summed E-state index contributed by atoms with van der Waals surface area (Å²) in [6.07, 6.45) is -1.99. The third-order valence-electron chi connectivity index (χ3n) is 4.27. The number of aliphatic imine (C=N–C) groups is 2. The number of hydrogen-bond donors (Lipinski definition) is 3. The zero-order valence-electron chi connectivity index (χ0n) is 16.0. The number of rotatable bonds is 4. The minimum absolute atomic E-state index is 0.0119. The number of aromatic nitrogens is 1. The topological polar surface area (TPSA) is 136 Å². The lowest BCUT2D eigenvalue weighted by atomic mass is 10.1. The van der Waals surface area contributed by atoms with Crippen molar-refractivity contribution in [2.24, 2.45) is 27.2 Å². The van der Waals surface area contributed by atoms with Crippen molar-refractivity contribution < 1.29 is 18.0 Å². The number of amides is 1. The molecule has 0 spiro atoms. The number of pyridine rings is 1. The van der Waals surface area contributed by atoms with Crippen molar-refractivity contribution in [1.82, 2.24) is 9.88 Å². The number of allylic oxidation sites excluding steroid dienone is 2. The Hall–Kier alpha value is -3.37. The van der Waals surface area contributed by atoms with E-state index in [1.165, 1.54) is 32.3 Å². The van der Waals surface area contributed by atoms with Crippen LogP contribution in [-0.2, 0) is 4.79 Å². The lowest BCUT2D eigenvalue weighted by Gasteiger charge is -2.28. The number of nitrogens with zero attached hydrogens (tertiary/aromatic N) is 4. The van der Waals surface area contributed by atoms with Crippen LogP contribution in [0.5, 0.6) is 0 Å². The van der Waals surface area contributed by atoms with Gasteiger partial charge in [-0.2, -0.15) is 13.2 Å². The van der Waals surface area contributed by atoms with Crippen LogP contribution in [0.1, 0.15) is 19.0 Å². The second-order valence-corrected chi connectivity index (χ2v) is 6.31. The van der Waals surface area contributed by atoms with Crippen LogP contribution in [0.4, 0.5) is 18.9 Å². The summed E-state index contributed by atoms with van der Waals surface area (Å²) in [5.74, 6) is 0.0108. The first kappa shape index (κ1) is 21.9. The SMILES string of the molecule is CN=CC(=C(N)C(F)(F)F)c1ccc(N=C(N)C2=C(N)CCN(C(C)=O)C2)cn1. The summed E-state index contributed by atoms with van der Waals surface area (Å²) >= 11 is 0. The summed E-state index contributed by atoms with van der Waals surface area (Å²) in [4.78, 5) is 25.0. The Morgan fingerprint density at radius 3 is 2.52 bits per heavy atom. The van der Waals surface area contributed by atoms with Gasteiger partial charge in [-0.3, -0.25) is 14.8 Å². The molecule has 2 heterocycles. The lowest BCUT2D eigenvalue weighted by molar-refractivity contribution is -0.128. The highest BCUT2D eigenvalue weighted by atomic mass is 19.4. The predicted octanol–water partition coefficient (Wildman–Crippen LogP) is 1.47. The van der Waals surface area contributed by atoms with E-state index in [0.29, 0.717) is 29.9 Å². The third-order valence-corrected chi connectivity index (χ3v) is 4.27. The van der Waals surface area contributed by atoms with Crippen LogP contribution in [0.3, 0.4) is 0 Å². The Labute approximate surface area is 165 Å². The molecule has 0 aliphatic carbocycles. The molecule has 156 valence electrons. The van der Waals surface area contributed by atoms with Gasteiger partial charge in [-0.05, 0) is 12.1 Å². The first-order chi connectivity index (χ1) is 13.5. The van der Waals surface area contributed by atoms with E-state index in [1.54, 1.807) is 4.90 Å². The molecule has 1 aliphatic rings. The third kappa shape index (κ3) is 5.33. The minimum atomic E-state index is -4.72. The Balaban J connectivity index is 2.33. The average molecular weight is 409 g/mol. The maximum absolute atomic E-state index is 12.9. The van der Waals surface area contributed by atoms with E-state index in [0.717, 1.165) is 6.21 Å². The highest BCUT2D eigenvalue weighted by Crippen LogP contribution is 2.28. The summed E-state index contributed by atoms with van der Waals surface area (Å²) < 4.78 is 38.8. The molecule has 1 amide bonds. The molecule has 11 heteroatoms. The predicted molar refractivity (Wildman–Crippen MR) is 105 cm³/mol. The first-order valence-electron chi connectivity index (χ1n) is 8.57. The number of nitrogens with two attached hydrogens (primary N) is 3. The van der Waals surface area contributed by atoms with E-state index in [1.807, 2.05) is 0 Å². The molecular weight excluding hydrogens is 387 g/mol. The van der Waals surface area contributed by atoms with Crippen molar-refractivity contribution in [3.05, 3.63) is 41.0 Å². The van der Waals surface area contributed by atoms with Crippen molar-refractivity contribution in [3.8, 4) is 0 Å². The monoisotopic (exact) mass is 409 g/mol. The van der Waals surface area contributed by atoms with Crippen molar-refractivity contribution in [2.75, 3.05) is 20.1 Å². The summed E-state index contributed by atoms with van der Waals surface area (Å²) in [7, 11) is 1.33. The van der Waals surface area contributed by atoms with Crippen LogP contribution in [0.25, 0.3) is 5.57 Å². The standard InChI is InChI=1S/C18H22F3N7O/c1-10(29)28-6-5-14(22)13(9-28)17(24)27-11-3-4-15(26-7-11)12(8-25-2)16(23)18(19,20)21/h3-4,7-8H,5-6,9,22-23H2,1-2H3,(H2,24,27). The van der Waals surface area contributed by atoms with Crippen LogP contribution in [0, 0.1) is 0 Å². The van der Waals surface area contributed by atoms with Gasteiger partial charge >= 0.3 is 6.18 Å². The van der Waals surface area contributed by atoms with Crippen LogP contribution in [0.2, 0.25) is 0 Å². The summed E-state index contributed by atoms with van der Waals surface area (Å²) in [5, 5.41) is 0. The van der Waals surface area contributed by atoms with Crippen molar-refractivity contribution in [1.29, 1.82) is 0 Å². The summed E-state index contributed by atoms with van der Waals surface area (Å²) in [6.45, 7) is 2.19. The Bertz CT molecular complexity index is 899. The molecule has 2 rings (SSSR count). The van der Waals surface area contributed by atoms with Gasteiger partial charge in [-0.15, -0.1) is 0 Å². The second kappa shape index (κ2) is 8.76. The van der Waals surface area contributed by atoms with Gasteiger partial charge in [0.2, 0.25) is 5.91 Å². The highest BCUT2D eigenvalue weighted by Gasteiger charge is 2.34. The molecule has 0 fully saturated rings. The number of alkyl halides is 3. The molecule has 0 bridgehead atoms. The number of carbonyl (C=O) groups excluding carboxylic acids is 1. The van der Waals surface area contributed by atoms with Gasteiger partial charge in [-0.25, -0.2) is 4.99 Å². The van der Waals surface area contributed by atoms with Crippen molar-refractivity contribution in [2.45, 2.75) is 19.5 Å². The maximum Gasteiger partial charge on any atom is 0.431 e. The molecule has 1 aliphatic heterocycles. The maximum atomic E-state index is 12.9. The van der Waals surface area contributed by atoms with Gasteiger partial charge in [0.05, 0.1) is 24.1 Å². The fourth-order valence-electron chi connectivity index (χ4n) is 2.67. The van der Waals surface area contributed by atoms with Crippen molar-refractivity contribution >= 4 is 29.2 Å². The van der Waals surface area contributed by atoms with Gasteiger partial charge < -0.3 is 22.1 Å².